The van der Waals surface area contributed by atoms with E-state index in [1.165, 1.54) is 6.07 Å². The molecule has 114 valence electrons. The van der Waals surface area contributed by atoms with Gasteiger partial charge in [0, 0.05) is 24.7 Å². The van der Waals surface area contributed by atoms with Gasteiger partial charge in [0.2, 0.25) is 5.91 Å². The fourth-order valence-electron chi connectivity index (χ4n) is 2.13. The molecule has 0 unspecified atom stereocenters. The zero-order valence-corrected chi connectivity index (χ0v) is 11.4. The lowest BCUT2D eigenvalue weighted by Gasteiger charge is -2.18. The fraction of sp³-hybridized carbons (Fsp3) is 0.462. The number of amides is 1. The minimum atomic E-state index is -0.451. The van der Waals surface area contributed by atoms with Crippen molar-refractivity contribution in [3.8, 4) is 0 Å². The molecule has 0 bridgehead atoms. The third kappa shape index (κ3) is 3.89. The highest BCUT2D eigenvalue weighted by Crippen LogP contribution is 2.33. The van der Waals surface area contributed by atoms with Crippen molar-refractivity contribution >= 4 is 23.0 Å². The first-order valence-corrected chi connectivity index (χ1v) is 6.65. The molecule has 1 aliphatic heterocycles. The molecule has 0 radical (unpaired) electrons. The number of aliphatic hydroxyl groups excluding tert-OH is 1. The Morgan fingerprint density at radius 1 is 1.38 bits per heavy atom. The number of nitrogens with one attached hydrogen (secondary N) is 2. The Labute approximate surface area is 121 Å². The van der Waals surface area contributed by atoms with Crippen molar-refractivity contribution in [2.45, 2.75) is 12.8 Å². The van der Waals surface area contributed by atoms with Crippen LogP contribution in [0.5, 0.6) is 0 Å². The van der Waals surface area contributed by atoms with E-state index in [0.29, 0.717) is 37.4 Å². The van der Waals surface area contributed by atoms with Gasteiger partial charge in [-0.3, -0.25) is 14.9 Å². The van der Waals surface area contributed by atoms with Gasteiger partial charge in [-0.25, -0.2) is 0 Å². The Bertz CT molecular complexity index is 547. The molecule has 0 saturated carbocycles. The molecule has 1 aromatic rings. The fourth-order valence-corrected chi connectivity index (χ4v) is 2.13. The summed E-state index contributed by atoms with van der Waals surface area (Å²) in [6.45, 7) is 0.851. The summed E-state index contributed by atoms with van der Waals surface area (Å²) in [6, 6.07) is 3.07. The summed E-state index contributed by atoms with van der Waals surface area (Å²) in [5, 5.41) is 25.3. The van der Waals surface area contributed by atoms with E-state index in [1.54, 1.807) is 6.07 Å². The number of rotatable bonds is 7. The van der Waals surface area contributed by atoms with E-state index in [2.05, 4.69) is 10.6 Å². The standard InChI is InChI=1S/C13H17N3O5/c17-4-6-21-5-3-14-11-8-10-9(1-2-13(18)15-10)7-12(11)16(19)20/h7-8,14,17H,1-6H2,(H,15,18). The first-order valence-electron chi connectivity index (χ1n) is 6.65. The minimum Gasteiger partial charge on any atom is -0.394 e. The Morgan fingerprint density at radius 3 is 2.90 bits per heavy atom. The number of carbonyl (C=O) groups excluding carboxylic acids is 1. The Hall–Kier alpha value is -2.19. The van der Waals surface area contributed by atoms with Gasteiger partial charge >= 0.3 is 0 Å². The van der Waals surface area contributed by atoms with Crippen molar-refractivity contribution in [2.75, 3.05) is 37.0 Å². The minimum absolute atomic E-state index is 0.0212. The average Bonchev–Trinajstić information content (AvgIpc) is 2.46. The molecule has 0 spiro atoms. The highest BCUT2D eigenvalue weighted by atomic mass is 16.6. The molecule has 0 saturated heterocycles. The van der Waals surface area contributed by atoms with E-state index in [0.717, 1.165) is 5.56 Å². The number of hydrogen-bond acceptors (Lipinski definition) is 6. The van der Waals surface area contributed by atoms with Crippen LogP contribution in [0.4, 0.5) is 17.1 Å². The maximum absolute atomic E-state index is 11.4. The van der Waals surface area contributed by atoms with Gasteiger partial charge in [-0.05, 0) is 18.1 Å². The number of nitrogens with zero attached hydrogens (tertiary/aromatic N) is 1. The normalized spacial score (nSPS) is 13.5. The maximum Gasteiger partial charge on any atom is 0.292 e. The van der Waals surface area contributed by atoms with Crippen LogP contribution >= 0.6 is 0 Å². The van der Waals surface area contributed by atoms with E-state index in [4.69, 9.17) is 9.84 Å². The van der Waals surface area contributed by atoms with Crippen LogP contribution in [-0.4, -0.2) is 42.3 Å². The zero-order valence-electron chi connectivity index (χ0n) is 11.4. The van der Waals surface area contributed by atoms with Crippen LogP contribution in [0.2, 0.25) is 0 Å². The smallest absolute Gasteiger partial charge is 0.292 e. The number of anilines is 2. The van der Waals surface area contributed by atoms with Crippen molar-refractivity contribution in [3.63, 3.8) is 0 Å². The van der Waals surface area contributed by atoms with Crippen molar-refractivity contribution in [1.29, 1.82) is 0 Å². The van der Waals surface area contributed by atoms with Gasteiger partial charge in [0.25, 0.3) is 5.69 Å². The third-order valence-corrected chi connectivity index (χ3v) is 3.11. The quantitative estimate of drug-likeness (QED) is 0.391. The molecule has 1 heterocycles. The lowest BCUT2D eigenvalue weighted by atomic mass is 10.0. The molecular formula is C13H17N3O5. The van der Waals surface area contributed by atoms with Crippen LogP contribution in [0.15, 0.2) is 12.1 Å². The Morgan fingerprint density at radius 2 is 2.19 bits per heavy atom. The van der Waals surface area contributed by atoms with Crippen LogP contribution in [0.25, 0.3) is 0 Å². The van der Waals surface area contributed by atoms with Gasteiger partial charge in [0.15, 0.2) is 0 Å². The van der Waals surface area contributed by atoms with Crippen molar-refractivity contribution < 1.29 is 19.6 Å². The van der Waals surface area contributed by atoms with Crippen LogP contribution < -0.4 is 10.6 Å². The van der Waals surface area contributed by atoms with Gasteiger partial charge in [0.1, 0.15) is 5.69 Å². The summed E-state index contributed by atoms with van der Waals surface area (Å²) in [7, 11) is 0. The van der Waals surface area contributed by atoms with E-state index in [-0.39, 0.29) is 24.8 Å². The van der Waals surface area contributed by atoms with Gasteiger partial charge < -0.3 is 20.5 Å². The van der Waals surface area contributed by atoms with Crippen LogP contribution in [0.1, 0.15) is 12.0 Å². The summed E-state index contributed by atoms with van der Waals surface area (Å²) >= 11 is 0. The van der Waals surface area contributed by atoms with E-state index in [1.807, 2.05) is 0 Å². The molecule has 8 nitrogen and oxygen atoms in total. The SMILES string of the molecule is O=C1CCc2cc([N+](=O)[O-])c(NCCOCCO)cc2N1. The number of hydrogen-bond donors (Lipinski definition) is 3. The van der Waals surface area contributed by atoms with Crippen LogP contribution in [0.3, 0.4) is 0 Å². The second kappa shape index (κ2) is 7.00. The monoisotopic (exact) mass is 295 g/mol. The summed E-state index contributed by atoms with van der Waals surface area (Å²) in [4.78, 5) is 22.0. The van der Waals surface area contributed by atoms with Gasteiger partial charge in [-0.2, -0.15) is 0 Å². The second-order valence-corrected chi connectivity index (χ2v) is 4.59. The first kappa shape index (κ1) is 15.2. The summed E-state index contributed by atoms with van der Waals surface area (Å²) in [5.41, 5.74) is 1.69. The van der Waals surface area contributed by atoms with E-state index < -0.39 is 4.92 Å². The van der Waals surface area contributed by atoms with Crippen LogP contribution in [0, 0.1) is 10.1 Å². The number of nitro groups is 1. The van der Waals surface area contributed by atoms with E-state index >= 15 is 0 Å². The molecule has 8 heteroatoms. The van der Waals surface area contributed by atoms with Gasteiger partial charge in [0.05, 0.1) is 24.7 Å². The highest BCUT2D eigenvalue weighted by molar-refractivity contribution is 5.95. The highest BCUT2D eigenvalue weighted by Gasteiger charge is 2.22. The zero-order chi connectivity index (χ0) is 15.2. The number of fused-ring (bicyclic) bond motifs is 1. The number of aryl methyl sites for hydroxylation is 1. The van der Waals surface area contributed by atoms with Gasteiger partial charge in [-0.1, -0.05) is 0 Å². The van der Waals surface area contributed by atoms with Crippen molar-refractivity contribution in [3.05, 3.63) is 27.8 Å². The number of ether oxygens (including phenoxy) is 1. The molecule has 2 rings (SSSR count). The first-order chi connectivity index (χ1) is 10.1. The number of aliphatic hydroxyl groups is 1. The Balaban J connectivity index is 2.12. The van der Waals surface area contributed by atoms with Gasteiger partial charge in [-0.15, -0.1) is 0 Å². The Kier molecular flexibility index (Phi) is 5.07. The largest absolute Gasteiger partial charge is 0.394 e. The molecule has 1 amide bonds. The van der Waals surface area contributed by atoms with Crippen molar-refractivity contribution in [1.82, 2.24) is 0 Å². The molecule has 0 aromatic heterocycles. The molecule has 0 fully saturated rings. The molecule has 1 aliphatic rings. The van der Waals surface area contributed by atoms with E-state index in [9.17, 15) is 14.9 Å². The summed E-state index contributed by atoms with van der Waals surface area (Å²) in [6.07, 6.45) is 0.841. The third-order valence-electron chi connectivity index (χ3n) is 3.11. The summed E-state index contributed by atoms with van der Waals surface area (Å²) in [5.74, 6) is -0.0893. The maximum atomic E-state index is 11.4. The molecule has 21 heavy (non-hydrogen) atoms. The second-order valence-electron chi connectivity index (χ2n) is 4.59. The molecule has 0 aliphatic carbocycles. The summed E-state index contributed by atoms with van der Waals surface area (Å²) < 4.78 is 5.08. The molecular weight excluding hydrogens is 278 g/mol. The predicted molar refractivity (Wildman–Crippen MR) is 76.4 cm³/mol. The molecule has 3 N–H and O–H groups in total. The lowest BCUT2D eigenvalue weighted by Crippen LogP contribution is -2.20. The topological polar surface area (TPSA) is 114 Å². The number of carbonyl (C=O) groups is 1. The molecule has 0 atom stereocenters. The average molecular weight is 295 g/mol. The predicted octanol–water partition coefficient (Wildman–Crippen LogP) is 0.900. The van der Waals surface area contributed by atoms with Crippen molar-refractivity contribution in [2.24, 2.45) is 0 Å². The number of nitro benzene ring substituents is 1. The molecule has 1 aromatic carbocycles. The number of benzene rings is 1. The lowest BCUT2D eigenvalue weighted by molar-refractivity contribution is -0.384. The van der Waals surface area contributed by atoms with Crippen LogP contribution in [-0.2, 0) is 16.0 Å².